The molecule has 0 aliphatic carbocycles. The Balaban J connectivity index is 1.87. The number of aryl methyl sites for hydroxylation is 2. The number of hydrogen-bond acceptors (Lipinski definition) is 4. The van der Waals surface area contributed by atoms with Crippen LogP contribution < -0.4 is 0 Å². The van der Waals surface area contributed by atoms with Crippen molar-refractivity contribution in [2.45, 2.75) is 32.4 Å². The Kier molecular flexibility index (Phi) is 4.21. The third kappa shape index (κ3) is 2.96. The summed E-state index contributed by atoms with van der Waals surface area (Å²) in [4.78, 5) is 8.12. The van der Waals surface area contributed by atoms with Crippen LogP contribution in [0.1, 0.15) is 28.4 Å². The summed E-state index contributed by atoms with van der Waals surface area (Å²) in [5.41, 5.74) is 1.17. The third-order valence-electron chi connectivity index (χ3n) is 2.69. The van der Waals surface area contributed by atoms with Crippen LogP contribution in [-0.2, 0) is 5.75 Å². The van der Waals surface area contributed by atoms with E-state index in [4.69, 9.17) is 12.2 Å². The van der Waals surface area contributed by atoms with Gasteiger partial charge >= 0.3 is 0 Å². The highest BCUT2D eigenvalue weighted by molar-refractivity contribution is 8.22. The molecule has 1 fully saturated rings. The van der Waals surface area contributed by atoms with Gasteiger partial charge in [0.2, 0.25) is 0 Å². The van der Waals surface area contributed by atoms with Gasteiger partial charge in [0, 0.05) is 23.7 Å². The predicted octanol–water partition coefficient (Wildman–Crippen LogP) is 3.37. The average Bonchev–Trinajstić information content (AvgIpc) is 2.84. The minimum Gasteiger partial charge on any atom is -0.358 e. The van der Waals surface area contributed by atoms with Crippen molar-refractivity contribution in [3.05, 3.63) is 15.6 Å². The Morgan fingerprint density at radius 3 is 2.69 bits per heavy atom. The van der Waals surface area contributed by atoms with Gasteiger partial charge in [-0.3, -0.25) is 0 Å². The lowest BCUT2D eigenvalue weighted by Crippen LogP contribution is -2.23. The lowest BCUT2D eigenvalue weighted by molar-refractivity contribution is 0.539. The molecule has 0 saturated carbocycles. The summed E-state index contributed by atoms with van der Waals surface area (Å²) in [7, 11) is 0. The summed E-state index contributed by atoms with van der Waals surface area (Å²) in [5.74, 6) is 0.979. The summed E-state index contributed by atoms with van der Waals surface area (Å²) in [6.45, 7) is 6.43. The molecule has 1 aromatic heterocycles. The summed E-state index contributed by atoms with van der Waals surface area (Å²) in [6, 6.07) is 0. The van der Waals surface area contributed by atoms with Crippen molar-refractivity contribution in [1.29, 1.82) is 0 Å². The zero-order valence-electron chi connectivity index (χ0n) is 9.65. The van der Waals surface area contributed by atoms with Crippen LogP contribution in [0, 0.1) is 13.8 Å². The molecular formula is C11H16N2S3. The lowest BCUT2D eigenvalue weighted by Gasteiger charge is -2.17. The first-order chi connectivity index (χ1) is 7.66. The predicted molar refractivity (Wildman–Crippen MR) is 76.3 cm³/mol. The van der Waals surface area contributed by atoms with Crippen LogP contribution >= 0.6 is 35.3 Å². The number of thiocarbonyl (C=S) groups is 1. The van der Waals surface area contributed by atoms with E-state index in [9.17, 15) is 0 Å². The van der Waals surface area contributed by atoms with Crippen molar-refractivity contribution in [3.63, 3.8) is 0 Å². The molecule has 88 valence electrons. The van der Waals surface area contributed by atoms with Crippen molar-refractivity contribution in [2.75, 3.05) is 13.1 Å². The summed E-state index contributed by atoms with van der Waals surface area (Å²) >= 11 is 9.01. The minimum absolute atomic E-state index is 0.979. The molecule has 1 saturated heterocycles. The normalized spacial score (nSPS) is 15.8. The number of nitrogens with zero attached hydrogens (tertiary/aromatic N) is 2. The number of aromatic nitrogens is 1. The van der Waals surface area contributed by atoms with Crippen molar-refractivity contribution in [2.24, 2.45) is 0 Å². The highest BCUT2D eigenvalue weighted by Crippen LogP contribution is 2.25. The fourth-order valence-electron chi connectivity index (χ4n) is 1.83. The molecule has 1 aliphatic heterocycles. The largest absolute Gasteiger partial charge is 0.358 e. The maximum absolute atomic E-state index is 5.44. The van der Waals surface area contributed by atoms with Crippen LogP contribution in [-0.4, -0.2) is 27.3 Å². The van der Waals surface area contributed by atoms with E-state index in [1.165, 1.54) is 23.4 Å². The van der Waals surface area contributed by atoms with E-state index in [2.05, 4.69) is 23.7 Å². The molecule has 1 aromatic rings. The number of hydrogen-bond donors (Lipinski definition) is 0. The topological polar surface area (TPSA) is 16.1 Å². The smallest absolute Gasteiger partial charge is 0.136 e. The Bertz CT molecular complexity index is 381. The van der Waals surface area contributed by atoms with E-state index >= 15 is 0 Å². The molecule has 16 heavy (non-hydrogen) atoms. The second-order valence-electron chi connectivity index (χ2n) is 3.99. The standard InChI is InChI=1S/C11H16N2S3/c1-8-10(16-9(2)12-8)7-15-11(14)13-5-3-4-6-13/h3-7H2,1-2H3. The fourth-order valence-corrected chi connectivity index (χ4v) is 4.16. The van der Waals surface area contributed by atoms with E-state index < -0.39 is 0 Å². The van der Waals surface area contributed by atoms with Gasteiger partial charge in [0.25, 0.3) is 0 Å². The Morgan fingerprint density at radius 2 is 2.12 bits per heavy atom. The van der Waals surface area contributed by atoms with E-state index in [-0.39, 0.29) is 0 Å². The van der Waals surface area contributed by atoms with Crippen LogP contribution in [0.4, 0.5) is 0 Å². The highest BCUT2D eigenvalue weighted by atomic mass is 32.2. The molecule has 2 rings (SSSR count). The highest BCUT2D eigenvalue weighted by Gasteiger charge is 2.15. The molecule has 0 radical (unpaired) electrons. The maximum atomic E-state index is 5.44. The molecule has 0 N–H and O–H groups in total. The molecule has 0 spiro atoms. The zero-order chi connectivity index (χ0) is 11.5. The van der Waals surface area contributed by atoms with Gasteiger partial charge in [-0.05, 0) is 26.7 Å². The molecule has 2 heterocycles. The third-order valence-corrected chi connectivity index (χ3v) is 5.50. The first kappa shape index (κ1) is 12.3. The number of thioether (sulfide) groups is 1. The van der Waals surface area contributed by atoms with Gasteiger partial charge in [0.1, 0.15) is 4.32 Å². The molecule has 0 amide bonds. The monoisotopic (exact) mass is 272 g/mol. The van der Waals surface area contributed by atoms with Crippen molar-refractivity contribution >= 4 is 39.6 Å². The molecule has 0 unspecified atom stereocenters. The second kappa shape index (κ2) is 5.47. The van der Waals surface area contributed by atoms with Gasteiger partial charge in [-0.1, -0.05) is 24.0 Å². The van der Waals surface area contributed by atoms with Crippen LogP contribution in [0.3, 0.4) is 0 Å². The Labute approximate surface area is 110 Å². The first-order valence-electron chi connectivity index (χ1n) is 5.51. The SMILES string of the molecule is Cc1nc(C)c(CSC(=S)N2CCCC2)s1. The summed E-state index contributed by atoms with van der Waals surface area (Å²) in [5, 5.41) is 1.15. The summed E-state index contributed by atoms with van der Waals surface area (Å²) < 4.78 is 1.06. The number of thiazole rings is 1. The Morgan fingerprint density at radius 1 is 1.44 bits per heavy atom. The second-order valence-corrected chi connectivity index (χ2v) is 6.89. The van der Waals surface area contributed by atoms with Crippen LogP contribution in [0.15, 0.2) is 0 Å². The van der Waals surface area contributed by atoms with Gasteiger partial charge < -0.3 is 4.90 Å². The first-order valence-corrected chi connectivity index (χ1v) is 7.72. The van der Waals surface area contributed by atoms with Crippen LogP contribution in [0.25, 0.3) is 0 Å². The molecule has 1 aliphatic rings. The van der Waals surface area contributed by atoms with Crippen molar-refractivity contribution in [1.82, 2.24) is 9.88 Å². The minimum atomic E-state index is 0.979. The fraction of sp³-hybridized carbons (Fsp3) is 0.636. The average molecular weight is 272 g/mol. The molecule has 0 bridgehead atoms. The number of rotatable bonds is 2. The van der Waals surface area contributed by atoms with Crippen molar-refractivity contribution in [3.8, 4) is 0 Å². The molecule has 2 nitrogen and oxygen atoms in total. The van der Waals surface area contributed by atoms with Crippen LogP contribution in [0.2, 0.25) is 0 Å². The van der Waals surface area contributed by atoms with Gasteiger partial charge in [0.05, 0.1) is 10.7 Å². The molecule has 0 aromatic carbocycles. The summed E-state index contributed by atoms with van der Waals surface area (Å²) in [6.07, 6.45) is 2.58. The van der Waals surface area contributed by atoms with Crippen molar-refractivity contribution < 1.29 is 0 Å². The van der Waals surface area contributed by atoms with Gasteiger partial charge in [-0.15, -0.1) is 11.3 Å². The lowest BCUT2D eigenvalue weighted by atomic mass is 10.4. The zero-order valence-corrected chi connectivity index (χ0v) is 12.1. The molecule has 5 heteroatoms. The van der Waals surface area contributed by atoms with E-state index in [0.717, 1.165) is 28.2 Å². The quantitative estimate of drug-likeness (QED) is 0.767. The Hall–Kier alpha value is -0.130. The van der Waals surface area contributed by atoms with Gasteiger partial charge in [-0.25, -0.2) is 4.98 Å². The van der Waals surface area contributed by atoms with Gasteiger partial charge in [-0.2, -0.15) is 0 Å². The van der Waals surface area contributed by atoms with E-state index in [0.29, 0.717) is 0 Å². The molecule has 0 atom stereocenters. The van der Waals surface area contributed by atoms with E-state index in [1.807, 2.05) is 0 Å². The van der Waals surface area contributed by atoms with Crippen LogP contribution in [0.5, 0.6) is 0 Å². The molecular weight excluding hydrogens is 256 g/mol. The number of likely N-dealkylation sites (tertiary alicyclic amines) is 1. The van der Waals surface area contributed by atoms with E-state index in [1.54, 1.807) is 23.1 Å². The van der Waals surface area contributed by atoms with Gasteiger partial charge in [0.15, 0.2) is 0 Å². The maximum Gasteiger partial charge on any atom is 0.136 e.